The number of ether oxygens (including phenoxy) is 2. The molecule has 0 radical (unpaired) electrons. The van der Waals surface area contributed by atoms with Gasteiger partial charge in [0.15, 0.2) is 11.5 Å². The van der Waals surface area contributed by atoms with Crippen molar-refractivity contribution in [1.82, 2.24) is 0 Å². The minimum atomic E-state index is -0.216. The summed E-state index contributed by atoms with van der Waals surface area (Å²) in [5.41, 5.74) is 8.50. The standard InChI is InChI=1S/C20H25FN2O2/c1-24-19-8-3-14(11-20(19)25-2)9-15-10-17(22)13-23(12-15)18-6-4-16(21)5-7-18/h3-8,11,15,17H,9-10,12-13,22H2,1-2H3. The van der Waals surface area contributed by atoms with Crippen molar-refractivity contribution in [3.8, 4) is 11.5 Å². The first-order valence-electron chi connectivity index (χ1n) is 8.56. The number of anilines is 1. The Balaban J connectivity index is 1.72. The van der Waals surface area contributed by atoms with Gasteiger partial charge >= 0.3 is 0 Å². The van der Waals surface area contributed by atoms with E-state index >= 15 is 0 Å². The molecule has 1 fully saturated rings. The van der Waals surface area contributed by atoms with E-state index in [1.807, 2.05) is 24.3 Å². The van der Waals surface area contributed by atoms with Crippen LogP contribution in [0, 0.1) is 11.7 Å². The first-order chi connectivity index (χ1) is 12.1. The second kappa shape index (κ2) is 7.74. The van der Waals surface area contributed by atoms with E-state index in [1.54, 1.807) is 14.2 Å². The fourth-order valence-electron chi connectivity index (χ4n) is 3.60. The van der Waals surface area contributed by atoms with Crippen LogP contribution in [0.2, 0.25) is 0 Å². The Kier molecular flexibility index (Phi) is 5.43. The highest BCUT2D eigenvalue weighted by Gasteiger charge is 2.25. The Bertz CT molecular complexity index is 705. The molecule has 5 heteroatoms. The Labute approximate surface area is 148 Å². The van der Waals surface area contributed by atoms with Gasteiger partial charge in [-0.1, -0.05) is 6.07 Å². The summed E-state index contributed by atoms with van der Waals surface area (Å²) < 4.78 is 23.9. The second-order valence-electron chi connectivity index (χ2n) is 6.64. The van der Waals surface area contributed by atoms with E-state index in [1.165, 1.54) is 17.7 Å². The first kappa shape index (κ1) is 17.5. The van der Waals surface area contributed by atoms with E-state index in [0.29, 0.717) is 5.92 Å². The summed E-state index contributed by atoms with van der Waals surface area (Å²) in [6.45, 7) is 1.71. The Hall–Kier alpha value is -2.27. The van der Waals surface area contributed by atoms with Crippen LogP contribution in [0.4, 0.5) is 10.1 Å². The van der Waals surface area contributed by atoms with Gasteiger partial charge in [0.1, 0.15) is 5.82 Å². The molecule has 1 heterocycles. The lowest BCUT2D eigenvalue weighted by atomic mass is 9.88. The van der Waals surface area contributed by atoms with Gasteiger partial charge in [-0.05, 0) is 60.7 Å². The van der Waals surface area contributed by atoms with Crippen LogP contribution in [-0.2, 0) is 6.42 Å². The van der Waals surface area contributed by atoms with E-state index in [-0.39, 0.29) is 11.9 Å². The van der Waals surface area contributed by atoms with Gasteiger partial charge in [-0.3, -0.25) is 0 Å². The van der Waals surface area contributed by atoms with Crippen LogP contribution in [0.1, 0.15) is 12.0 Å². The molecule has 1 aliphatic rings. The van der Waals surface area contributed by atoms with E-state index in [9.17, 15) is 4.39 Å². The molecule has 0 aliphatic carbocycles. The molecule has 0 spiro atoms. The summed E-state index contributed by atoms with van der Waals surface area (Å²) in [7, 11) is 3.28. The van der Waals surface area contributed by atoms with Crippen LogP contribution in [0.3, 0.4) is 0 Å². The largest absolute Gasteiger partial charge is 0.493 e. The summed E-state index contributed by atoms with van der Waals surface area (Å²) in [6.07, 6.45) is 1.90. The van der Waals surface area contributed by atoms with Gasteiger partial charge in [-0.15, -0.1) is 0 Å². The number of nitrogens with zero attached hydrogens (tertiary/aromatic N) is 1. The number of nitrogens with two attached hydrogens (primary N) is 1. The SMILES string of the molecule is COc1ccc(CC2CC(N)CN(c3ccc(F)cc3)C2)cc1OC. The van der Waals surface area contributed by atoms with E-state index in [2.05, 4.69) is 11.0 Å². The third-order valence-electron chi connectivity index (χ3n) is 4.73. The Morgan fingerprint density at radius 2 is 1.76 bits per heavy atom. The van der Waals surface area contributed by atoms with E-state index < -0.39 is 0 Å². The second-order valence-corrected chi connectivity index (χ2v) is 6.64. The monoisotopic (exact) mass is 344 g/mol. The molecule has 2 unspecified atom stereocenters. The highest BCUT2D eigenvalue weighted by molar-refractivity contribution is 5.47. The fraction of sp³-hybridized carbons (Fsp3) is 0.400. The van der Waals surface area contributed by atoms with Crippen LogP contribution in [0.5, 0.6) is 11.5 Å². The van der Waals surface area contributed by atoms with Crippen LogP contribution < -0.4 is 20.1 Å². The lowest BCUT2D eigenvalue weighted by molar-refractivity contribution is 0.352. The molecule has 0 aromatic heterocycles. The molecule has 2 aromatic carbocycles. The van der Waals surface area contributed by atoms with Crippen molar-refractivity contribution in [2.75, 3.05) is 32.2 Å². The molecule has 0 amide bonds. The molecule has 134 valence electrons. The van der Waals surface area contributed by atoms with Crippen LogP contribution in [0.15, 0.2) is 42.5 Å². The van der Waals surface area contributed by atoms with Crippen LogP contribution >= 0.6 is 0 Å². The van der Waals surface area contributed by atoms with Gasteiger partial charge in [0.25, 0.3) is 0 Å². The van der Waals surface area contributed by atoms with Crippen LogP contribution in [-0.4, -0.2) is 33.4 Å². The van der Waals surface area contributed by atoms with E-state index in [4.69, 9.17) is 15.2 Å². The molecule has 2 N–H and O–H groups in total. The molecule has 0 saturated carbocycles. The van der Waals surface area contributed by atoms with Gasteiger partial charge in [0.2, 0.25) is 0 Å². The topological polar surface area (TPSA) is 47.7 Å². The molecule has 3 rings (SSSR count). The highest BCUT2D eigenvalue weighted by atomic mass is 19.1. The third-order valence-corrected chi connectivity index (χ3v) is 4.73. The summed E-state index contributed by atoms with van der Waals surface area (Å²) in [4.78, 5) is 2.25. The van der Waals surface area contributed by atoms with Crippen molar-refractivity contribution in [3.05, 3.63) is 53.8 Å². The quantitative estimate of drug-likeness (QED) is 0.905. The zero-order chi connectivity index (χ0) is 17.8. The molecule has 1 saturated heterocycles. The van der Waals surface area contributed by atoms with Crippen molar-refractivity contribution < 1.29 is 13.9 Å². The molecule has 1 aliphatic heterocycles. The maximum absolute atomic E-state index is 13.2. The van der Waals surface area contributed by atoms with Gasteiger partial charge in [-0.2, -0.15) is 0 Å². The van der Waals surface area contributed by atoms with Gasteiger partial charge in [-0.25, -0.2) is 4.39 Å². The molecular weight excluding hydrogens is 319 g/mol. The number of halogens is 1. The highest BCUT2D eigenvalue weighted by Crippen LogP contribution is 2.30. The van der Waals surface area contributed by atoms with Gasteiger partial charge in [0, 0.05) is 24.8 Å². The molecule has 0 bridgehead atoms. The number of piperidine rings is 1. The number of benzene rings is 2. The third kappa shape index (κ3) is 4.23. The molecule has 4 nitrogen and oxygen atoms in total. The number of hydrogen-bond acceptors (Lipinski definition) is 4. The minimum absolute atomic E-state index is 0.115. The Morgan fingerprint density at radius 3 is 2.44 bits per heavy atom. The summed E-state index contributed by atoms with van der Waals surface area (Å²) in [5.74, 6) is 1.70. The van der Waals surface area contributed by atoms with Gasteiger partial charge in [0.05, 0.1) is 14.2 Å². The molecule has 2 aromatic rings. The number of methoxy groups -OCH3 is 2. The van der Waals surface area contributed by atoms with E-state index in [0.717, 1.165) is 43.1 Å². The zero-order valence-corrected chi connectivity index (χ0v) is 14.7. The smallest absolute Gasteiger partial charge is 0.160 e. The molecular formula is C20H25FN2O2. The zero-order valence-electron chi connectivity index (χ0n) is 14.7. The molecule has 25 heavy (non-hydrogen) atoms. The average Bonchev–Trinajstić information content (AvgIpc) is 2.61. The van der Waals surface area contributed by atoms with Crippen molar-refractivity contribution >= 4 is 5.69 Å². The van der Waals surface area contributed by atoms with Crippen molar-refractivity contribution in [2.45, 2.75) is 18.9 Å². The maximum Gasteiger partial charge on any atom is 0.160 e. The lowest BCUT2D eigenvalue weighted by Gasteiger charge is -2.38. The predicted molar refractivity (Wildman–Crippen MR) is 97.9 cm³/mol. The van der Waals surface area contributed by atoms with Crippen LogP contribution in [0.25, 0.3) is 0 Å². The van der Waals surface area contributed by atoms with Gasteiger partial charge < -0.3 is 20.1 Å². The summed E-state index contributed by atoms with van der Waals surface area (Å²) in [6, 6.07) is 12.8. The average molecular weight is 344 g/mol. The van der Waals surface area contributed by atoms with Crippen molar-refractivity contribution in [2.24, 2.45) is 11.7 Å². The lowest BCUT2D eigenvalue weighted by Crippen LogP contribution is -2.47. The first-order valence-corrected chi connectivity index (χ1v) is 8.56. The molecule has 2 atom stereocenters. The summed E-state index contributed by atoms with van der Waals surface area (Å²) >= 11 is 0. The Morgan fingerprint density at radius 1 is 1.04 bits per heavy atom. The number of hydrogen-bond donors (Lipinski definition) is 1. The number of rotatable bonds is 5. The maximum atomic E-state index is 13.2. The van der Waals surface area contributed by atoms with Crippen molar-refractivity contribution in [1.29, 1.82) is 0 Å². The fourth-order valence-corrected chi connectivity index (χ4v) is 3.60. The predicted octanol–water partition coefficient (Wildman–Crippen LogP) is 3.24. The normalized spacial score (nSPS) is 20.4. The summed E-state index contributed by atoms with van der Waals surface area (Å²) in [5, 5.41) is 0. The van der Waals surface area contributed by atoms with Crippen molar-refractivity contribution in [3.63, 3.8) is 0 Å². The minimum Gasteiger partial charge on any atom is -0.493 e.